The third kappa shape index (κ3) is 13.4. The number of unbranched alkanes of at least 4 members (excludes halogenated alkanes) is 1. The molecule has 0 aliphatic heterocycles. The van der Waals surface area contributed by atoms with Crippen molar-refractivity contribution in [3.63, 3.8) is 0 Å². The molecule has 0 unspecified atom stereocenters. The Kier molecular flexibility index (Phi) is 16.8. The van der Waals surface area contributed by atoms with Crippen molar-refractivity contribution in [2.75, 3.05) is 13.1 Å². The Bertz CT molecular complexity index is 1120. The van der Waals surface area contributed by atoms with Crippen LogP contribution in [0.1, 0.15) is 69.9 Å². The molecule has 6 nitrogen and oxygen atoms in total. The second-order valence-corrected chi connectivity index (χ2v) is 10.1. The van der Waals surface area contributed by atoms with Crippen LogP contribution < -0.4 is 10.6 Å². The lowest BCUT2D eigenvalue weighted by atomic mass is 10.0. The first-order valence-corrected chi connectivity index (χ1v) is 14.3. The monoisotopic (exact) mass is 613 g/mol. The van der Waals surface area contributed by atoms with Gasteiger partial charge in [0.15, 0.2) is 0 Å². The number of hydrogen-bond acceptors (Lipinski definition) is 4. The van der Waals surface area contributed by atoms with E-state index in [0.717, 1.165) is 48.3 Å². The van der Waals surface area contributed by atoms with E-state index in [9.17, 15) is 18.0 Å². The highest BCUT2D eigenvalue weighted by Gasteiger charge is 2.30. The summed E-state index contributed by atoms with van der Waals surface area (Å²) in [6, 6.07) is 13.0. The van der Waals surface area contributed by atoms with E-state index in [1.54, 1.807) is 0 Å². The predicted octanol–water partition coefficient (Wildman–Crippen LogP) is 8.97. The van der Waals surface area contributed by atoms with Crippen LogP contribution in [0.3, 0.4) is 0 Å². The van der Waals surface area contributed by atoms with E-state index in [1.807, 2.05) is 24.3 Å². The number of allylic oxidation sites excluding steroid dienone is 1. The van der Waals surface area contributed by atoms with Crippen molar-refractivity contribution in [1.82, 2.24) is 15.5 Å². The number of urea groups is 1. The Labute approximate surface area is 251 Å². The van der Waals surface area contributed by atoms with Crippen LogP contribution in [0.15, 0.2) is 59.8 Å². The van der Waals surface area contributed by atoms with Crippen molar-refractivity contribution < 1.29 is 18.0 Å². The van der Waals surface area contributed by atoms with Gasteiger partial charge in [-0.2, -0.15) is 13.2 Å². The van der Waals surface area contributed by atoms with Crippen molar-refractivity contribution in [2.45, 2.75) is 71.5 Å². The standard InChI is InChI=1S/C29H37Cl2F3N4O.CH3N/c1-3-5-9-21(26(8-4-2)37-20-23-10-6-7-11-25(23)31)16-18-36-28(39)38(19-17-29(32,33)34)27(35)22-12-14-24(30)15-13-22;1-2/h6-7,10-15,35,37H,3-5,8-9,16-20H2,1-2H3,(H,36,39);2H,1H2/b26-21-,35-27?;. The van der Waals surface area contributed by atoms with Crippen molar-refractivity contribution in [3.8, 4) is 0 Å². The average molecular weight is 615 g/mol. The quantitative estimate of drug-likeness (QED) is 0.126. The molecule has 0 heterocycles. The molecule has 2 aromatic rings. The van der Waals surface area contributed by atoms with Crippen molar-refractivity contribution >= 4 is 41.8 Å². The molecule has 0 atom stereocenters. The van der Waals surface area contributed by atoms with Gasteiger partial charge < -0.3 is 16.0 Å². The van der Waals surface area contributed by atoms with Gasteiger partial charge in [-0.1, -0.05) is 68.1 Å². The largest absolute Gasteiger partial charge is 0.390 e. The second-order valence-electron chi connectivity index (χ2n) is 9.23. The SMILES string of the molecule is C=N.CCCC/C(CCNC(=O)N(CCC(F)(F)F)C(=N)c1ccc(Cl)cc1)=C(\CCC)NCc1ccccc1Cl. The zero-order valence-corrected chi connectivity index (χ0v) is 25.2. The first kappa shape index (κ1) is 36.0. The maximum absolute atomic E-state index is 13.0. The van der Waals surface area contributed by atoms with Gasteiger partial charge >= 0.3 is 12.2 Å². The van der Waals surface area contributed by atoms with Gasteiger partial charge in [-0.15, -0.1) is 0 Å². The summed E-state index contributed by atoms with van der Waals surface area (Å²) in [5.74, 6) is -0.316. The summed E-state index contributed by atoms with van der Waals surface area (Å²) in [6.45, 7) is 6.85. The normalized spacial score (nSPS) is 11.6. The van der Waals surface area contributed by atoms with Gasteiger partial charge in [0.2, 0.25) is 0 Å². The van der Waals surface area contributed by atoms with Crippen LogP contribution in [0.2, 0.25) is 10.0 Å². The summed E-state index contributed by atoms with van der Waals surface area (Å²) in [5, 5.41) is 21.3. The molecule has 2 aromatic carbocycles. The first-order chi connectivity index (χ1) is 19.6. The summed E-state index contributed by atoms with van der Waals surface area (Å²) < 4.78 is 39.0. The van der Waals surface area contributed by atoms with Crippen molar-refractivity contribution in [3.05, 3.63) is 81.0 Å². The number of amidine groups is 1. The molecule has 0 aliphatic carbocycles. The fourth-order valence-electron chi connectivity index (χ4n) is 4.03. The summed E-state index contributed by atoms with van der Waals surface area (Å²) in [4.78, 5) is 13.8. The average Bonchev–Trinajstić information content (AvgIpc) is 2.94. The highest BCUT2D eigenvalue weighted by molar-refractivity contribution is 6.31. The first-order valence-electron chi connectivity index (χ1n) is 13.6. The molecule has 0 aliphatic rings. The molecule has 0 saturated carbocycles. The number of benzene rings is 2. The number of carbonyl (C=O) groups is 1. The number of nitrogens with one attached hydrogen (secondary N) is 4. The number of nitrogens with zero attached hydrogens (tertiary/aromatic N) is 1. The third-order valence-corrected chi connectivity index (χ3v) is 6.78. The molecule has 0 radical (unpaired) electrons. The highest BCUT2D eigenvalue weighted by atomic mass is 35.5. The molecule has 11 heteroatoms. The molecule has 0 saturated heterocycles. The molecular weight excluding hydrogens is 574 g/mol. The number of amides is 2. The van der Waals surface area contributed by atoms with Gasteiger partial charge in [-0.3, -0.25) is 10.3 Å². The Morgan fingerprint density at radius 3 is 2.20 bits per heavy atom. The smallest absolute Gasteiger partial charge is 0.384 e. The number of carbonyl (C=O) groups excluding carboxylic acids is 1. The topological polar surface area (TPSA) is 92.1 Å². The summed E-state index contributed by atoms with van der Waals surface area (Å²) in [5.41, 5.74) is 3.55. The summed E-state index contributed by atoms with van der Waals surface area (Å²) in [6.07, 6.45) is -0.561. The van der Waals surface area contributed by atoms with E-state index in [2.05, 4.69) is 31.2 Å². The van der Waals surface area contributed by atoms with E-state index in [1.165, 1.54) is 29.8 Å². The maximum atomic E-state index is 13.0. The van der Waals surface area contributed by atoms with E-state index in [0.29, 0.717) is 28.6 Å². The van der Waals surface area contributed by atoms with Crippen molar-refractivity contribution in [1.29, 1.82) is 10.8 Å². The fourth-order valence-corrected chi connectivity index (χ4v) is 4.36. The van der Waals surface area contributed by atoms with Crippen LogP contribution >= 0.6 is 23.2 Å². The molecule has 0 aromatic heterocycles. The zero-order valence-electron chi connectivity index (χ0n) is 23.6. The van der Waals surface area contributed by atoms with Crippen LogP contribution in [0, 0.1) is 10.8 Å². The van der Waals surface area contributed by atoms with Gasteiger partial charge in [0, 0.05) is 40.9 Å². The molecule has 0 bridgehead atoms. The lowest BCUT2D eigenvalue weighted by Crippen LogP contribution is -2.45. The third-order valence-electron chi connectivity index (χ3n) is 6.16. The molecule has 0 spiro atoms. The number of hydrogen-bond donors (Lipinski definition) is 4. The van der Waals surface area contributed by atoms with Gasteiger partial charge in [-0.05, 0) is 73.9 Å². The lowest BCUT2D eigenvalue weighted by Gasteiger charge is -2.25. The Balaban J connectivity index is 0.00000411. The Morgan fingerprint density at radius 2 is 1.61 bits per heavy atom. The lowest BCUT2D eigenvalue weighted by molar-refractivity contribution is -0.135. The van der Waals surface area contributed by atoms with Gasteiger partial charge in [-0.25, -0.2) is 4.79 Å². The Morgan fingerprint density at radius 1 is 0.951 bits per heavy atom. The summed E-state index contributed by atoms with van der Waals surface area (Å²) in [7, 11) is 0. The zero-order chi connectivity index (χ0) is 30.8. The summed E-state index contributed by atoms with van der Waals surface area (Å²) >= 11 is 12.2. The van der Waals surface area contributed by atoms with E-state index in [-0.39, 0.29) is 12.4 Å². The van der Waals surface area contributed by atoms with Gasteiger partial charge in [0.05, 0.1) is 6.42 Å². The molecular formula is C30H40Cl2F3N5O. The maximum Gasteiger partial charge on any atom is 0.390 e. The minimum Gasteiger partial charge on any atom is -0.384 e. The van der Waals surface area contributed by atoms with Crippen LogP contribution in [0.5, 0.6) is 0 Å². The molecule has 226 valence electrons. The predicted molar refractivity (Wildman–Crippen MR) is 163 cm³/mol. The van der Waals surface area contributed by atoms with Crippen LogP contribution in [-0.2, 0) is 6.54 Å². The van der Waals surface area contributed by atoms with E-state index < -0.39 is 25.2 Å². The number of rotatable bonds is 14. The number of halogens is 5. The molecule has 41 heavy (non-hydrogen) atoms. The minimum atomic E-state index is -4.46. The molecule has 4 N–H and O–H groups in total. The van der Waals surface area contributed by atoms with Crippen LogP contribution in [0.25, 0.3) is 0 Å². The fraction of sp³-hybridized carbons (Fsp3) is 0.433. The molecule has 2 rings (SSSR count). The minimum absolute atomic E-state index is 0.231. The van der Waals surface area contributed by atoms with Gasteiger partial charge in [0.25, 0.3) is 0 Å². The van der Waals surface area contributed by atoms with E-state index in [4.69, 9.17) is 34.0 Å². The van der Waals surface area contributed by atoms with E-state index >= 15 is 0 Å². The van der Waals surface area contributed by atoms with Crippen LogP contribution in [-0.4, -0.2) is 42.7 Å². The molecule has 2 amide bonds. The van der Waals surface area contributed by atoms with Crippen LogP contribution in [0.4, 0.5) is 18.0 Å². The second kappa shape index (κ2) is 19.1. The highest BCUT2D eigenvalue weighted by Crippen LogP contribution is 2.22. The number of alkyl halides is 3. The van der Waals surface area contributed by atoms with Gasteiger partial charge in [0.1, 0.15) is 5.84 Å². The Hall–Kier alpha value is -3.04. The molecule has 0 fully saturated rings. The van der Waals surface area contributed by atoms with Crippen molar-refractivity contribution in [2.24, 2.45) is 0 Å².